The Morgan fingerprint density at radius 2 is 1.77 bits per heavy atom. The Morgan fingerprint density at radius 3 is 2.37 bits per heavy atom. The summed E-state index contributed by atoms with van der Waals surface area (Å²) < 4.78 is 30.4. The summed E-state index contributed by atoms with van der Waals surface area (Å²) in [5.41, 5.74) is 2.02. The molecule has 0 aliphatic heterocycles. The van der Waals surface area contributed by atoms with Gasteiger partial charge < -0.3 is 10.1 Å². The van der Waals surface area contributed by atoms with Crippen molar-refractivity contribution in [3.8, 4) is 0 Å². The first-order valence-electron chi connectivity index (χ1n) is 8.53. The molecule has 0 spiro atoms. The van der Waals surface area contributed by atoms with Gasteiger partial charge >= 0.3 is 5.97 Å². The lowest BCUT2D eigenvalue weighted by Crippen LogP contribution is -2.26. The van der Waals surface area contributed by atoms with E-state index in [-0.39, 0.29) is 15.5 Å². The van der Waals surface area contributed by atoms with E-state index in [2.05, 4.69) is 5.32 Å². The van der Waals surface area contributed by atoms with Crippen molar-refractivity contribution < 1.29 is 27.6 Å². The highest BCUT2D eigenvalue weighted by Crippen LogP contribution is 2.28. The molecule has 162 valence electrons. The normalized spacial score (nSPS) is 11.4. The largest absolute Gasteiger partial charge is 0.452 e. The second kappa shape index (κ2) is 9.76. The summed E-state index contributed by atoms with van der Waals surface area (Å²) in [7, 11) is -1.73. The molecule has 1 amide bonds. The minimum Gasteiger partial charge on any atom is -0.452 e. The molecule has 2 aromatic carbocycles. The highest BCUT2D eigenvalue weighted by atomic mass is 35.5. The topological polar surface area (TPSA) is 102 Å². The summed E-state index contributed by atoms with van der Waals surface area (Å²) in [6, 6.07) is 7.12. The fraction of sp³-hybridized carbons (Fsp3) is 0.263. The first-order chi connectivity index (χ1) is 14.0. The fourth-order valence-electron chi connectivity index (χ4n) is 2.53. The van der Waals surface area contributed by atoms with Gasteiger partial charge in [-0.15, -0.1) is 0 Å². The third-order valence-electron chi connectivity index (χ3n) is 4.07. The lowest BCUT2D eigenvalue weighted by molar-refractivity contribution is -0.119. The average molecular weight is 475 g/mol. The van der Waals surface area contributed by atoms with E-state index in [0.29, 0.717) is 15.2 Å². The number of hydrogen-bond donors (Lipinski definition) is 1. The number of nitrogens with one attached hydrogen (secondary N) is 1. The Bertz CT molecular complexity index is 1070. The van der Waals surface area contributed by atoms with Crippen LogP contribution in [-0.4, -0.2) is 45.5 Å². The van der Waals surface area contributed by atoms with Crippen LogP contribution < -0.4 is 5.32 Å². The number of hydrogen-bond acceptors (Lipinski definition) is 6. The Balaban J connectivity index is 2.12. The Labute approximate surface area is 184 Å². The number of carbonyl (C=O) groups is 2. The highest BCUT2D eigenvalue weighted by Gasteiger charge is 2.25. The van der Waals surface area contributed by atoms with Crippen molar-refractivity contribution in [1.29, 1.82) is 0 Å². The van der Waals surface area contributed by atoms with Crippen LogP contribution in [0.2, 0.25) is 10.0 Å². The summed E-state index contributed by atoms with van der Waals surface area (Å²) in [5.74, 6) is -1.50. The molecule has 1 N–H and O–H groups in total. The number of anilines is 1. The highest BCUT2D eigenvalue weighted by molar-refractivity contribution is 7.89. The summed E-state index contributed by atoms with van der Waals surface area (Å²) in [5, 5.41) is 2.86. The molecule has 0 heterocycles. The van der Waals surface area contributed by atoms with Crippen LogP contribution in [0.25, 0.3) is 0 Å². The van der Waals surface area contributed by atoms with Gasteiger partial charge in [0, 0.05) is 7.05 Å². The predicted octanol–water partition coefficient (Wildman–Crippen LogP) is 3.59. The number of sulfonamides is 1. The van der Waals surface area contributed by atoms with Gasteiger partial charge in [0.2, 0.25) is 0 Å². The summed E-state index contributed by atoms with van der Waals surface area (Å²) in [6.45, 7) is 3.07. The van der Waals surface area contributed by atoms with Gasteiger partial charge in [0.1, 0.15) is 4.90 Å². The van der Waals surface area contributed by atoms with Gasteiger partial charge in [-0.1, -0.05) is 33.7 Å². The monoisotopic (exact) mass is 474 g/mol. The Morgan fingerprint density at radius 1 is 1.10 bits per heavy atom. The fourth-order valence-corrected chi connectivity index (χ4v) is 4.37. The van der Waals surface area contributed by atoms with Crippen LogP contribution >= 0.6 is 23.2 Å². The van der Waals surface area contributed by atoms with Crippen molar-refractivity contribution in [1.82, 2.24) is 4.47 Å². The molecule has 0 bridgehead atoms. The molecule has 2 aromatic rings. The number of halogens is 2. The molecular weight excluding hydrogens is 455 g/mol. The molecule has 0 aromatic heterocycles. The van der Waals surface area contributed by atoms with Gasteiger partial charge in [-0.25, -0.2) is 13.2 Å². The molecule has 11 heteroatoms. The number of benzene rings is 2. The molecule has 0 fully saturated rings. The summed E-state index contributed by atoms with van der Waals surface area (Å²) >= 11 is 12.1. The molecule has 0 aliphatic rings. The van der Waals surface area contributed by atoms with E-state index in [4.69, 9.17) is 32.8 Å². The van der Waals surface area contributed by atoms with Crippen LogP contribution in [0.3, 0.4) is 0 Å². The van der Waals surface area contributed by atoms with Gasteiger partial charge in [0.05, 0.1) is 28.4 Å². The molecular formula is C19H20Cl2N2O6S. The van der Waals surface area contributed by atoms with Gasteiger partial charge in [0.25, 0.3) is 15.9 Å². The minimum atomic E-state index is -4.08. The third-order valence-corrected chi connectivity index (χ3v) is 6.53. The first kappa shape index (κ1) is 24.1. The molecule has 0 unspecified atom stereocenters. The zero-order valence-electron chi connectivity index (χ0n) is 16.7. The van der Waals surface area contributed by atoms with Crippen LogP contribution in [0.4, 0.5) is 5.69 Å². The number of amides is 1. The number of esters is 1. The van der Waals surface area contributed by atoms with Gasteiger partial charge in [-0.05, 0) is 49.2 Å². The van der Waals surface area contributed by atoms with E-state index in [1.54, 1.807) is 13.0 Å². The van der Waals surface area contributed by atoms with Crippen molar-refractivity contribution >= 4 is 50.8 Å². The second-order valence-electron chi connectivity index (χ2n) is 6.31. The van der Waals surface area contributed by atoms with Crippen LogP contribution in [-0.2, 0) is 24.4 Å². The van der Waals surface area contributed by atoms with E-state index >= 15 is 0 Å². The van der Waals surface area contributed by atoms with Gasteiger partial charge in [-0.2, -0.15) is 0 Å². The van der Waals surface area contributed by atoms with Crippen molar-refractivity contribution in [2.24, 2.45) is 0 Å². The average Bonchev–Trinajstić information content (AvgIpc) is 2.68. The zero-order valence-corrected chi connectivity index (χ0v) is 19.0. The zero-order chi connectivity index (χ0) is 22.6. The molecule has 0 radical (unpaired) electrons. The molecule has 0 saturated carbocycles. The maximum absolute atomic E-state index is 12.4. The lowest BCUT2D eigenvalue weighted by atomic mass is 10.1. The van der Waals surface area contributed by atoms with Crippen LogP contribution in [0, 0.1) is 13.8 Å². The van der Waals surface area contributed by atoms with Gasteiger partial charge in [-0.3, -0.25) is 9.63 Å². The maximum Gasteiger partial charge on any atom is 0.338 e. The van der Waals surface area contributed by atoms with Gasteiger partial charge in [0.15, 0.2) is 6.61 Å². The van der Waals surface area contributed by atoms with Crippen molar-refractivity contribution in [3.63, 3.8) is 0 Å². The SMILES string of the molecule is CON(C)S(=O)(=O)c1cc(C(=O)OCC(=O)Nc2c(C)cc(C)cc2Cl)ccc1Cl. The number of ether oxygens (including phenoxy) is 1. The standard InChI is InChI=1S/C19H20Cl2N2O6S/c1-11-7-12(2)18(15(21)8-11)22-17(24)10-29-19(25)13-5-6-14(20)16(9-13)30(26,27)23(3)28-4/h5-9H,10H2,1-4H3,(H,22,24). The molecule has 0 atom stereocenters. The minimum absolute atomic E-state index is 0.0974. The van der Waals surface area contributed by atoms with Crippen molar-refractivity contribution in [2.45, 2.75) is 18.7 Å². The summed E-state index contributed by atoms with van der Waals surface area (Å²) in [6.07, 6.45) is 0. The second-order valence-corrected chi connectivity index (χ2v) is 9.02. The molecule has 2 rings (SSSR count). The quantitative estimate of drug-likeness (QED) is 0.485. The number of rotatable bonds is 7. The lowest BCUT2D eigenvalue weighted by Gasteiger charge is -2.15. The molecule has 0 saturated heterocycles. The Hall–Kier alpha value is -2.17. The molecule has 8 nitrogen and oxygen atoms in total. The number of aryl methyl sites for hydroxylation is 2. The third kappa shape index (κ3) is 5.50. The van der Waals surface area contributed by atoms with E-state index in [1.165, 1.54) is 26.3 Å². The smallest absolute Gasteiger partial charge is 0.338 e. The molecule has 0 aliphatic carbocycles. The van der Waals surface area contributed by atoms with E-state index in [0.717, 1.165) is 17.2 Å². The van der Waals surface area contributed by atoms with E-state index < -0.39 is 28.5 Å². The van der Waals surface area contributed by atoms with Crippen LogP contribution in [0.1, 0.15) is 21.5 Å². The summed E-state index contributed by atoms with van der Waals surface area (Å²) in [4.78, 5) is 28.8. The first-order valence-corrected chi connectivity index (χ1v) is 10.7. The predicted molar refractivity (Wildman–Crippen MR) is 113 cm³/mol. The molecule has 30 heavy (non-hydrogen) atoms. The van der Waals surface area contributed by atoms with Crippen molar-refractivity contribution in [3.05, 3.63) is 57.1 Å². The van der Waals surface area contributed by atoms with Crippen LogP contribution in [0.5, 0.6) is 0 Å². The maximum atomic E-state index is 12.4. The van der Waals surface area contributed by atoms with E-state index in [1.807, 2.05) is 13.0 Å². The number of nitrogens with zero attached hydrogens (tertiary/aromatic N) is 1. The Kier molecular flexibility index (Phi) is 7.84. The van der Waals surface area contributed by atoms with E-state index in [9.17, 15) is 18.0 Å². The number of carbonyl (C=O) groups excluding carboxylic acids is 2. The number of hydroxylamine groups is 1. The van der Waals surface area contributed by atoms with Crippen molar-refractivity contribution in [2.75, 3.05) is 26.1 Å². The van der Waals surface area contributed by atoms with Crippen LogP contribution in [0.15, 0.2) is 35.2 Å².